The lowest BCUT2D eigenvalue weighted by Gasteiger charge is -2.24. The normalized spacial score (nSPS) is 19.6. The van der Waals surface area contributed by atoms with E-state index in [2.05, 4.69) is 15.2 Å². The van der Waals surface area contributed by atoms with Gasteiger partial charge in [0.25, 0.3) is 5.89 Å². The van der Waals surface area contributed by atoms with E-state index in [1.54, 1.807) is 7.11 Å². The van der Waals surface area contributed by atoms with Gasteiger partial charge in [0.1, 0.15) is 11.9 Å². The first-order valence-corrected chi connectivity index (χ1v) is 8.46. The van der Waals surface area contributed by atoms with Gasteiger partial charge in [-0.05, 0) is 36.6 Å². The van der Waals surface area contributed by atoms with Gasteiger partial charge in [-0.2, -0.15) is 10.1 Å². The summed E-state index contributed by atoms with van der Waals surface area (Å²) >= 11 is 0. The summed E-state index contributed by atoms with van der Waals surface area (Å²) < 4.78 is 18.5. The van der Waals surface area contributed by atoms with Crippen molar-refractivity contribution < 1.29 is 14.0 Å². The Labute approximate surface area is 144 Å². The molecule has 0 N–H and O–H groups in total. The molecule has 0 spiro atoms. The fourth-order valence-electron chi connectivity index (χ4n) is 3.10. The lowest BCUT2D eigenvalue weighted by atomic mass is 10.1. The quantitative estimate of drug-likeness (QED) is 0.728. The molecule has 1 aliphatic heterocycles. The maximum absolute atomic E-state index is 6.00. The topological polar surface area (TPSA) is 75.2 Å². The average molecular weight is 338 g/mol. The van der Waals surface area contributed by atoms with Crippen LogP contribution in [0.5, 0.6) is 5.75 Å². The summed E-state index contributed by atoms with van der Waals surface area (Å²) in [6.07, 6.45) is 2.27. The molecule has 0 saturated heterocycles. The molecule has 1 fully saturated rings. The molecule has 0 radical (unpaired) electrons. The smallest absolute Gasteiger partial charge is 0.278 e. The molecule has 1 aliphatic carbocycles. The summed E-state index contributed by atoms with van der Waals surface area (Å²) in [4.78, 5) is 4.47. The van der Waals surface area contributed by atoms with Crippen LogP contribution in [-0.2, 0) is 17.9 Å². The second-order valence-electron chi connectivity index (χ2n) is 6.51. The predicted molar refractivity (Wildman–Crippen MR) is 88.0 cm³/mol. The van der Waals surface area contributed by atoms with Gasteiger partial charge in [0.15, 0.2) is 11.5 Å². The van der Waals surface area contributed by atoms with E-state index < -0.39 is 0 Å². The Kier molecular flexibility index (Phi) is 3.34. The van der Waals surface area contributed by atoms with Gasteiger partial charge in [-0.25, -0.2) is 0 Å². The van der Waals surface area contributed by atoms with Crippen molar-refractivity contribution in [1.29, 1.82) is 0 Å². The largest absolute Gasteiger partial charge is 0.497 e. The van der Waals surface area contributed by atoms with Crippen LogP contribution in [0.25, 0.3) is 11.6 Å². The Morgan fingerprint density at radius 2 is 2.04 bits per heavy atom. The molecule has 1 saturated carbocycles. The lowest BCUT2D eigenvalue weighted by Crippen LogP contribution is -2.21. The van der Waals surface area contributed by atoms with E-state index in [9.17, 15) is 0 Å². The van der Waals surface area contributed by atoms with Crippen molar-refractivity contribution in [3.8, 4) is 17.3 Å². The van der Waals surface area contributed by atoms with E-state index in [1.807, 2.05) is 35.0 Å². The Hall–Kier alpha value is -2.67. The third-order valence-corrected chi connectivity index (χ3v) is 4.73. The summed E-state index contributed by atoms with van der Waals surface area (Å²) in [7, 11) is 1.66. The first-order valence-electron chi connectivity index (χ1n) is 8.46. The summed E-state index contributed by atoms with van der Waals surface area (Å²) in [6.45, 7) is 1.17. The van der Waals surface area contributed by atoms with Crippen LogP contribution < -0.4 is 4.74 Å². The van der Waals surface area contributed by atoms with Crippen molar-refractivity contribution in [2.45, 2.75) is 38.0 Å². The molecule has 1 atom stereocenters. The third-order valence-electron chi connectivity index (χ3n) is 4.73. The van der Waals surface area contributed by atoms with Gasteiger partial charge in [-0.1, -0.05) is 17.3 Å². The maximum atomic E-state index is 6.00. The van der Waals surface area contributed by atoms with Gasteiger partial charge in [0.2, 0.25) is 0 Å². The zero-order chi connectivity index (χ0) is 16.8. The number of nitrogens with zero attached hydrogens (tertiary/aromatic N) is 4. The van der Waals surface area contributed by atoms with Crippen LogP contribution in [-0.4, -0.2) is 27.0 Å². The summed E-state index contributed by atoms with van der Waals surface area (Å²) in [5.41, 5.74) is 2.84. The highest BCUT2D eigenvalue weighted by Gasteiger charge is 2.30. The fraction of sp³-hybridized carbons (Fsp3) is 0.389. The molecular weight excluding hydrogens is 320 g/mol. The third kappa shape index (κ3) is 2.70. The zero-order valence-electron chi connectivity index (χ0n) is 13.9. The van der Waals surface area contributed by atoms with Crippen molar-refractivity contribution in [3.05, 3.63) is 47.4 Å². The molecular formula is C18H18N4O3. The van der Waals surface area contributed by atoms with E-state index in [-0.39, 0.29) is 6.10 Å². The Morgan fingerprint density at radius 1 is 1.20 bits per heavy atom. The van der Waals surface area contributed by atoms with Crippen LogP contribution in [0.2, 0.25) is 0 Å². The van der Waals surface area contributed by atoms with E-state index in [0.717, 1.165) is 35.7 Å². The number of hydrogen-bond donors (Lipinski definition) is 0. The molecule has 7 nitrogen and oxygen atoms in total. The molecule has 0 bridgehead atoms. The second kappa shape index (κ2) is 5.70. The highest BCUT2D eigenvalue weighted by atomic mass is 16.5. The van der Waals surface area contributed by atoms with Crippen LogP contribution in [0.3, 0.4) is 0 Å². The number of methoxy groups -OCH3 is 1. The summed E-state index contributed by atoms with van der Waals surface area (Å²) in [5.74, 6) is 2.60. The molecule has 0 amide bonds. The van der Waals surface area contributed by atoms with E-state index in [0.29, 0.717) is 30.7 Å². The highest BCUT2D eigenvalue weighted by Crippen LogP contribution is 2.39. The van der Waals surface area contributed by atoms with Crippen molar-refractivity contribution >= 4 is 0 Å². The van der Waals surface area contributed by atoms with Gasteiger partial charge in [-0.15, -0.1) is 0 Å². The number of benzene rings is 1. The standard InChI is InChI=1S/C18H18N4O3/c1-23-14-6-4-11(5-7-14)16-9-22-13(10-24-16)8-15(20-22)18-19-17(21-25-18)12-2-3-12/h4-8,12,16H,2-3,9-10H2,1H3. The van der Waals surface area contributed by atoms with Gasteiger partial charge in [-0.3, -0.25) is 4.68 Å². The van der Waals surface area contributed by atoms with Crippen molar-refractivity contribution in [2.24, 2.45) is 0 Å². The lowest BCUT2D eigenvalue weighted by molar-refractivity contribution is -0.00115. The van der Waals surface area contributed by atoms with E-state index >= 15 is 0 Å². The predicted octanol–water partition coefficient (Wildman–Crippen LogP) is 3.09. The zero-order valence-corrected chi connectivity index (χ0v) is 13.9. The molecule has 3 aromatic rings. The number of ether oxygens (including phenoxy) is 2. The number of aromatic nitrogens is 4. The van der Waals surface area contributed by atoms with Gasteiger partial charge < -0.3 is 14.0 Å². The van der Waals surface area contributed by atoms with Gasteiger partial charge >= 0.3 is 0 Å². The van der Waals surface area contributed by atoms with Crippen molar-refractivity contribution in [1.82, 2.24) is 19.9 Å². The first-order chi connectivity index (χ1) is 12.3. The Bertz CT molecular complexity index is 895. The van der Waals surface area contributed by atoms with Crippen molar-refractivity contribution in [2.75, 3.05) is 7.11 Å². The van der Waals surface area contributed by atoms with Crippen LogP contribution in [0.4, 0.5) is 0 Å². The fourth-order valence-corrected chi connectivity index (χ4v) is 3.10. The second-order valence-corrected chi connectivity index (χ2v) is 6.51. The van der Waals surface area contributed by atoms with Crippen LogP contribution in [0.15, 0.2) is 34.9 Å². The number of fused-ring (bicyclic) bond motifs is 1. The molecule has 25 heavy (non-hydrogen) atoms. The molecule has 5 rings (SSSR count). The average Bonchev–Trinajstić information content (AvgIpc) is 3.23. The van der Waals surface area contributed by atoms with Gasteiger partial charge in [0.05, 0.1) is 26.0 Å². The molecule has 3 heterocycles. The summed E-state index contributed by atoms with van der Waals surface area (Å²) in [6, 6.07) is 9.91. The maximum Gasteiger partial charge on any atom is 0.278 e. The molecule has 1 unspecified atom stereocenters. The van der Waals surface area contributed by atoms with Gasteiger partial charge in [0, 0.05) is 5.92 Å². The minimum absolute atomic E-state index is 0.0316. The van der Waals surface area contributed by atoms with Crippen molar-refractivity contribution in [3.63, 3.8) is 0 Å². The monoisotopic (exact) mass is 338 g/mol. The van der Waals surface area contributed by atoms with Crippen LogP contribution >= 0.6 is 0 Å². The van der Waals surface area contributed by atoms with Crippen LogP contribution in [0.1, 0.15) is 41.9 Å². The molecule has 128 valence electrons. The Balaban J connectivity index is 1.37. The number of rotatable bonds is 4. The Morgan fingerprint density at radius 3 is 2.80 bits per heavy atom. The number of hydrogen-bond acceptors (Lipinski definition) is 6. The van der Waals surface area contributed by atoms with Crippen LogP contribution in [0, 0.1) is 0 Å². The molecule has 1 aromatic carbocycles. The first kappa shape index (κ1) is 14.7. The SMILES string of the molecule is COc1ccc(C2Cn3nc(-c4nc(C5CC5)no4)cc3CO2)cc1. The molecule has 7 heteroatoms. The molecule has 2 aliphatic rings. The molecule has 2 aromatic heterocycles. The minimum Gasteiger partial charge on any atom is -0.497 e. The minimum atomic E-state index is -0.0316. The highest BCUT2D eigenvalue weighted by molar-refractivity contribution is 5.47. The van der Waals surface area contributed by atoms with E-state index in [1.165, 1.54) is 0 Å². The van der Waals surface area contributed by atoms with E-state index in [4.69, 9.17) is 14.0 Å². The summed E-state index contributed by atoms with van der Waals surface area (Å²) in [5, 5.41) is 8.70.